The summed E-state index contributed by atoms with van der Waals surface area (Å²) < 4.78 is 11.2. The average Bonchev–Trinajstić information content (AvgIpc) is 2.82. The van der Waals surface area contributed by atoms with Gasteiger partial charge in [-0.3, -0.25) is 4.79 Å². The standard InChI is InChI=1S/C24H28N4O3/c1-3-14-31-24-22(26-20-11-4-5-12-21(20)27-24)28-13-7-8-17(16-28)23(29)25-18-9-6-10-19(15-18)30-2/h4-6,9-12,15,17H,3,7-8,13-14,16H2,1-2H3,(H,25,29)/t17-/m0/s1. The molecule has 1 atom stereocenters. The molecule has 1 saturated heterocycles. The number of hydrogen-bond acceptors (Lipinski definition) is 6. The highest BCUT2D eigenvalue weighted by Gasteiger charge is 2.29. The maximum absolute atomic E-state index is 13.0. The molecule has 0 unspecified atom stereocenters. The van der Waals surface area contributed by atoms with E-state index in [0.29, 0.717) is 30.6 Å². The van der Waals surface area contributed by atoms with Gasteiger partial charge in [-0.2, -0.15) is 0 Å². The zero-order chi connectivity index (χ0) is 21.6. The smallest absolute Gasteiger partial charge is 0.258 e. The zero-order valence-corrected chi connectivity index (χ0v) is 18.0. The number of benzene rings is 2. The Morgan fingerprint density at radius 1 is 1.16 bits per heavy atom. The summed E-state index contributed by atoms with van der Waals surface area (Å²) in [6, 6.07) is 15.2. The summed E-state index contributed by atoms with van der Waals surface area (Å²) in [6.45, 7) is 4.03. The number of nitrogens with one attached hydrogen (secondary N) is 1. The van der Waals surface area contributed by atoms with E-state index in [9.17, 15) is 4.79 Å². The molecule has 31 heavy (non-hydrogen) atoms. The lowest BCUT2D eigenvalue weighted by Crippen LogP contribution is -2.41. The third-order valence-electron chi connectivity index (χ3n) is 5.39. The molecular weight excluding hydrogens is 392 g/mol. The Bertz CT molecular complexity index is 1060. The highest BCUT2D eigenvalue weighted by Crippen LogP contribution is 2.31. The fourth-order valence-corrected chi connectivity index (χ4v) is 3.80. The van der Waals surface area contributed by atoms with E-state index in [1.165, 1.54) is 0 Å². The van der Waals surface area contributed by atoms with E-state index in [-0.39, 0.29) is 11.8 Å². The van der Waals surface area contributed by atoms with E-state index < -0.39 is 0 Å². The fraction of sp³-hybridized carbons (Fsp3) is 0.375. The van der Waals surface area contributed by atoms with Crippen LogP contribution in [-0.2, 0) is 4.79 Å². The Labute approximate surface area is 182 Å². The summed E-state index contributed by atoms with van der Waals surface area (Å²) in [4.78, 5) is 24.6. The van der Waals surface area contributed by atoms with Gasteiger partial charge in [-0.1, -0.05) is 25.1 Å². The molecule has 1 aliphatic heterocycles. The first-order valence-corrected chi connectivity index (χ1v) is 10.8. The van der Waals surface area contributed by atoms with Crippen LogP contribution in [0.4, 0.5) is 11.5 Å². The average molecular weight is 421 g/mol. The van der Waals surface area contributed by atoms with E-state index in [2.05, 4.69) is 17.1 Å². The molecule has 7 nitrogen and oxygen atoms in total. The number of ether oxygens (including phenoxy) is 2. The number of nitrogens with zero attached hydrogens (tertiary/aromatic N) is 3. The lowest BCUT2D eigenvalue weighted by atomic mass is 9.97. The van der Waals surface area contributed by atoms with Crippen molar-refractivity contribution in [2.24, 2.45) is 5.92 Å². The number of piperidine rings is 1. The first-order valence-electron chi connectivity index (χ1n) is 10.8. The van der Waals surface area contributed by atoms with Crippen molar-refractivity contribution in [1.29, 1.82) is 0 Å². The molecule has 162 valence electrons. The molecule has 1 N–H and O–H groups in total. The normalized spacial score (nSPS) is 16.2. The highest BCUT2D eigenvalue weighted by molar-refractivity contribution is 5.93. The summed E-state index contributed by atoms with van der Waals surface area (Å²) in [7, 11) is 1.61. The summed E-state index contributed by atoms with van der Waals surface area (Å²) in [5.74, 6) is 1.82. The number of carbonyl (C=O) groups excluding carboxylic acids is 1. The van der Waals surface area contributed by atoms with Crippen molar-refractivity contribution in [3.63, 3.8) is 0 Å². The number of hydrogen-bond donors (Lipinski definition) is 1. The van der Waals surface area contributed by atoms with Crippen LogP contribution < -0.4 is 19.7 Å². The van der Waals surface area contributed by atoms with Gasteiger partial charge < -0.3 is 19.7 Å². The van der Waals surface area contributed by atoms with Crippen LogP contribution in [0, 0.1) is 5.92 Å². The van der Waals surface area contributed by atoms with Crippen LogP contribution in [0.2, 0.25) is 0 Å². The van der Waals surface area contributed by atoms with Crippen LogP contribution in [0.5, 0.6) is 11.6 Å². The number of anilines is 2. The van der Waals surface area contributed by atoms with Gasteiger partial charge in [0.15, 0.2) is 5.82 Å². The molecule has 7 heteroatoms. The van der Waals surface area contributed by atoms with Crippen molar-refractivity contribution >= 4 is 28.4 Å². The molecule has 2 aromatic carbocycles. The van der Waals surface area contributed by atoms with Crippen LogP contribution in [-0.4, -0.2) is 42.7 Å². The first-order chi connectivity index (χ1) is 15.2. The van der Waals surface area contributed by atoms with Crippen molar-refractivity contribution < 1.29 is 14.3 Å². The van der Waals surface area contributed by atoms with Crippen LogP contribution in [0.3, 0.4) is 0 Å². The Morgan fingerprint density at radius 2 is 1.97 bits per heavy atom. The molecular formula is C24H28N4O3. The minimum absolute atomic E-state index is 0.00253. The molecule has 1 fully saturated rings. The lowest BCUT2D eigenvalue weighted by molar-refractivity contribution is -0.120. The second-order valence-electron chi connectivity index (χ2n) is 7.70. The monoisotopic (exact) mass is 420 g/mol. The minimum Gasteiger partial charge on any atom is -0.497 e. The third-order valence-corrected chi connectivity index (χ3v) is 5.39. The van der Waals surface area contributed by atoms with Crippen molar-refractivity contribution in [2.75, 3.05) is 37.0 Å². The molecule has 1 amide bonds. The molecule has 1 aliphatic rings. The van der Waals surface area contributed by atoms with E-state index >= 15 is 0 Å². The van der Waals surface area contributed by atoms with Crippen LogP contribution in [0.25, 0.3) is 11.0 Å². The number of fused-ring (bicyclic) bond motifs is 1. The predicted octanol–water partition coefficient (Wildman–Crippen LogP) is 4.28. The van der Waals surface area contributed by atoms with Gasteiger partial charge in [-0.15, -0.1) is 0 Å². The van der Waals surface area contributed by atoms with Crippen LogP contribution >= 0.6 is 0 Å². The molecule has 4 rings (SSSR count). The van der Waals surface area contributed by atoms with Crippen LogP contribution in [0.15, 0.2) is 48.5 Å². The number of amides is 1. The van der Waals surface area contributed by atoms with Gasteiger partial charge in [0, 0.05) is 24.8 Å². The fourth-order valence-electron chi connectivity index (χ4n) is 3.80. The van der Waals surface area contributed by atoms with Gasteiger partial charge in [-0.25, -0.2) is 9.97 Å². The van der Waals surface area contributed by atoms with Crippen molar-refractivity contribution in [1.82, 2.24) is 9.97 Å². The molecule has 0 radical (unpaired) electrons. The molecule has 0 saturated carbocycles. The summed E-state index contributed by atoms with van der Waals surface area (Å²) in [5.41, 5.74) is 2.37. The number of carbonyl (C=O) groups is 1. The maximum Gasteiger partial charge on any atom is 0.258 e. The summed E-state index contributed by atoms with van der Waals surface area (Å²) >= 11 is 0. The summed E-state index contributed by atoms with van der Waals surface area (Å²) in [5, 5.41) is 3.02. The number of methoxy groups -OCH3 is 1. The molecule has 0 spiro atoms. The summed E-state index contributed by atoms with van der Waals surface area (Å²) in [6.07, 6.45) is 2.62. The highest BCUT2D eigenvalue weighted by atomic mass is 16.5. The molecule has 0 bridgehead atoms. The Balaban J connectivity index is 1.54. The van der Waals surface area contributed by atoms with Gasteiger partial charge in [0.05, 0.1) is 30.7 Å². The number of rotatable bonds is 7. The van der Waals surface area contributed by atoms with Gasteiger partial charge in [-0.05, 0) is 43.5 Å². The largest absolute Gasteiger partial charge is 0.497 e. The molecule has 1 aromatic heterocycles. The van der Waals surface area contributed by atoms with Gasteiger partial charge >= 0.3 is 0 Å². The Morgan fingerprint density at radius 3 is 2.74 bits per heavy atom. The number of para-hydroxylation sites is 2. The van der Waals surface area contributed by atoms with E-state index in [0.717, 1.165) is 42.5 Å². The van der Waals surface area contributed by atoms with Crippen molar-refractivity contribution in [3.05, 3.63) is 48.5 Å². The lowest BCUT2D eigenvalue weighted by Gasteiger charge is -2.33. The van der Waals surface area contributed by atoms with E-state index in [1.54, 1.807) is 7.11 Å². The maximum atomic E-state index is 13.0. The second kappa shape index (κ2) is 9.64. The van der Waals surface area contributed by atoms with Gasteiger partial charge in [0.25, 0.3) is 5.88 Å². The van der Waals surface area contributed by atoms with Gasteiger partial charge in [0.1, 0.15) is 5.75 Å². The SMILES string of the molecule is CCCOc1nc2ccccc2nc1N1CCC[C@H](C(=O)Nc2cccc(OC)c2)C1. The van der Waals surface area contributed by atoms with E-state index in [1.807, 2.05) is 48.5 Å². The predicted molar refractivity (Wildman–Crippen MR) is 122 cm³/mol. The quantitative estimate of drug-likeness (QED) is 0.615. The second-order valence-corrected chi connectivity index (χ2v) is 7.70. The Hall–Kier alpha value is -3.35. The molecule has 3 aromatic rings. The minimum atomic E-state index is -0.146. The Kier molecular flexibility index (Phi) is 6.50. The zero-order valence-electron chi connectivity index (χ0n) is 18.0. The first kappa shape index (κ1) is 20.9. The van der Waals surface area contributed by atoms with Crippen LogP contribution in [0.1, 0.15) is 26.2 Å². The molecule has 2 heterocycles. The van der Waals surface area contributed by atoms with Gasteiger partial charge in [0.2, 0.25) is 5.91 Å². The topological polar surface area (TPSA) is 76.6 Å². The number of aromatic nitrogens is 2. The van der Waals surface area contributed by atoms with Crippen molar-refractivity contribution in [3.8, 4) is 11.6 Å². The van der Waals surface area contributed by atoms with E-state index in [4.69, 9.17) is 19.4 Å². The molecule has 0 aliphatic carbocycles. The third kappa shape index (κ3) is 4.87. The van der Waals surface area contributed by atoms with Crippen molar-refractivity contribution in [2.45, 2.75) is 26.2 Å².